The van der Waals surface area contributed by atoms with Gasteiger partial charge in [0, 0.05) is 10.4 Å². The predicted molar refractivity (Wildman–Crippen MR) is 123 cm³/mol. The van der Waals surface area contributed by atoms with Crippen molar-refractivity contribution in [2.75, 3.05) is 13.2 Å². The van der Waals surface area contributed by atoms with Crippen molar-refractivity contribution in [3.8, 4) is 11.5 Å². The Morgan fingerprint density at radius 1 is 0.968 bits per heavy atom. The average molecular weight is 467 g/mol. The molecule has 2 aromatic rings. The van der Waals surface area contributed by atoms with Crippen LogP contribution in [0, 0.1) is 19.3 Å². The minimum Gasteiger partial charge on any atom is -0.493 e. The number of rotatable bonds is 9. The van der Waals surface area contributed by atoms with Crippen molar-refractivity contribution in [1.82, 2.24) is 10.9 Å². The van der Waals surface area contributed by atoms with E-state index in [-0.39, 0.29) is 12.5 Å². The fraction of sp³-hybridized carbons (Fsp3) is 0.391. The minimum absolute atomic E-state index is 0.294. The van der Waals surface area contributed by atoms with E-state index in [1.807, 2.05) is 45.9 Å². The third kappa shape index (κ3) is 7.96. The van der Waals surface area contributed by atoms with E-state index in [1.54, 1.807) is 12.1 Å². The number of halogens is 2. The number of aryl methyl sites for hydroxylation is 2. The number of carbonyl (C=O) groups excluding carboxylic acids is 2. The van der Waals surface area contributed by atoms with Gasteiger partial charge in [0.05, 0.1) is 11.6 Å². The van der Waals surface area contributed by atoms with Crippen molar-refractivity contribution in [3.05, 3.63) is 57.6 Å². The molecule has 2 rings (SSSR count). The van der Waals surface area contributed by atoms with Crippen LogP contribution in [0.5, 0.6) is 11.5 Å². The van der Waals surface area contributed by atoms with Crippen molar-refractivity contribution in [2.24, 2.45) is 5.41 Å². The molecule has 0 unspecified atom stereocenters. The van der Waals surface area contributed by atoms with E-state index in [2.05, 4.69) is 10.9 Å². The highest BCUT2D eigenvalue weighted by Crippen LogP contribution is 2.27. The SMILES string of the molecule is Cc1ccc(C)c(OCCCC(C)(C)C(=O)NNC(=O)COc2ccc(Cl)cc2Cl)c1. The normalized spacial score (nSPS) is 11.0. The Bertz CT molecular complexity index is 932. The first kappa shape index (κ1) is 24.8. The van der Waals surface area contributed by atoms with Gasteiger partial charge in [-0.2, -0.15) is 0 Å². The Hall–Kier alpha value is -2.44. The van der Waals surface area contributed by atoms with Crippen LogP contribution in [-0.2, 0) is 9.59 Å². The van der Waals surface area contributed by atoms with Crippen molar-refractivity contribution < 1.29 is 19.1 Å². The van der Waals surface area contributed by atoms with Crippen LogP contribution in [0.3, 0.4) is 0 Å². The van der Waals surface area contributed by atoms with Crippen molar-refractivity contribution in [2.45, 2.75) is 40.5 Å². The maximum absolute atomic E-state index is 12.5. The monoisotopic (exact) mass is 466 g/mol. The highest BCUT2D eigenvalue weighted by Gasteiger charge is 2.27. The fourth-order valence-electron chi connectivity index (χ4n) is 2.74. The van der Waals surface area contributed by atoms with E-state index in [1.165, 1.54) is 6.07 Å². The van der Waals surface area contributed by atoms with Gasteiger partial charge in [-0.05, 0) is 62.1 Å². The van der Waals surface area contributed by atoms with Gasteiger partial charge in [0.1, 0.15) is 11.5 Å². The lowest BCUT2D eigenvalue weighted by molar-refractivity contribution is -0.135. The first-order valence-corrected chi connectivity index (χ1v) is 10.7. The van der Waals surface area contributed by atoms with Crippen LogP contribution in [0.2, 0.25) is 10.0 Å². The summed E-state index contributed by atoms with van der Waals surface area (Å²) in [4.78, 5) is 24.4. The maximum Gasteiger partial charge on any atom is 0.276 e. The highest BCUT2D eigenvalue weighted by atomic mass is 35.5. The Balaban J connectivity index is 1.71. The van der Waals surface area contributed by atoms with E-state index in [0.29, 0.717) is 35.2 Å². The van der Waals surface area contributed by atoms with Gasteiger partial charge in [0.2, 0.25) is 5.91 Å². The molecule has 0 saturated carbocycles. The molecule has 2 amide bonds. The lowest BCUT2D eigenvalue weighted by atomic mass is 9.87. The van der Waals surface area contributed by atoms with E-state index < -0.39 is 11.3 Å². The second kappa shape index (κ2) is 11.3. The summed E-state index contributed by atoms with van der Waals surface area (Å²) in [6, 6.07) is 10.8. The summed E-state index contributed by atoms with van der Waals surface area (Å²) in [7, 11) is 0. The van der Waals surface area contributed by atoms with E-state index >= 15 is 0 Å². The summed E-state index contributed by atoms with van der Waals surface area (Å²) in [5.74, 6) is 0.387. The third-order valence-electron chi connectivity index (χ3n) is 4.73. The molecule has 2 aromatic carbocycles. The Morgan fingerprint density at radius 2 is 1.71 bits per heavy atom. The van der Waals surface area contributed by atoms with Crippen LogP contribution in [0.4, 0.5) is 0 Å². The molecular weight excluding hydrogens is 439 g/mol. The summed E-state index contributed by atoms with van der Waals surface area (Å²) in [6.45, 7) is 7.85. The molecule has 2 N–H and O–H groups in total. The van der Waals surface area contributed by atoms with E-state index in [9.17, 15) is 9.59 Å². The van der Waals surface area contributed by atoms with Gasteiger partial charge >= 0.3 is 0 Å². The van der Waals surface area contributed by atoms with Crippen LogP contribution in [0.15, 0.2) is 36.4 Å². The molecule has 0 aliphatic heterocycles. The molecule has 8 heteroatoms. The molecule has 0 spiro atoms. The Kier molecular flexibility index (Phi) is 9.01. The van der Waals surface area contributed by atoms with Gasteiger partial charge < -0.3 is 9.47 Å². The largest absolute Gasteiger partial charge is 0.493 e. The van der Waals surface area contributed by atoms with Gasteiger partial charge in [-0.3, -0.25) is 20.4 Å². The zero-order valence-electron chi connectivity index (χ0n) is 18.2. The number of ether oxygens (including phenoxy) is 2. The smallest absolute Gasteiger partial charge is 0.276 e. The van der Waals surface area contributed by atoms with Crippen molar-refractivity contribution in [1.29, 1.82) is 0 Å². The number of amides is 2. The number of hydrogen-bond acceptors (Lipinski definition) is 4. The zero-order valence-corrected chi connectivity index (χ0v) is 19.7. The van der Waals surface area contributed by atoms with Crippen molar-refractivity contribution in [3.63, 3.8) is 0 Å². The number of benzene rings is 2. The Morgan fingerprint density at radius 3 is 2.42 bits per heavy atom. The van der Waals surface area contributed by atoms with Gasteiger partial charge in [-0.1, -0.05) is 49.2 Å². The van der Waals surface area contributed by atoms with E-state index in [0.717, 1.165) is 16.9 Å². The first-order valence-electron chi connectivity index (χ1n) is 9.95. The van der Waals surface area contributed by atoms with Crippen LogP contribution in [-0.4, -0.2) is 25.0 Å². The predicted octanol–water partition coefficient (Wildman–Crippen LogP) is 5.02. The highest BCUT2D eigenvalue weighted by molar-refractivity contribution is 6.35. The van der Waals surface area contributed by atoms with Crippen LogP contribution >= 0.6 is 23.2 Å². The number of nitrogens with one attached hydrogen (secondary N) is 2. The van der Waals surface area contributed by atoms with Gasteiger partial charge in [-0.25, -0.2) is 0 Å². The fourth-order valence-corrected chi connectivity index (χ4v) is 3.20. The second-order valence-corrected chi connectivity index (χ2v) is 8.81. The molecule has 0 fully saturated rings. The molecule has 0 aromatic heterocycles. The lowest BCUT2D eigenvalue weighted by Gasteiger charge is -2.23. The molecule has 0 radical (unpaired) electrons. The first-order chi connectivity index (χ1) is 14.6. The average Bonchev–Trinajstić information content (AvgIpc) is 2.71. The standard InChI is InChI=1S/C23H28Cl2N2O4/c1-15-6-7-16(2)20(12-15)30-11-5-10-23(3,4)22(29)27-26-21(28)14-31-19-9-8-17(24)13-18(19)25/h6-9,12-13H,5,10-11,14H2,1-4H3,(H,26,28)(H,27,29). The molecule has 31 heavy (non-hydrogen) atoms. The molecule has 0 bridgehead atoms. The summed E-state index contributed by atoms with van der Waals surface area (Å²) >= 11 is 11.8. The molecule has 0 heterocycles. The van der Waals surface area contributed by atoms with Crippen LogP contribution < -0.4 is 20.3 Å². The van der Waals surface area contributed by atoms with Gasteiger partial charge in [-0.15, -0.1) is 0 Å². The summed E-state index contributed by atoms with van der Waals surface area (Å²) < 4.78 is 11.2. The third-order valence-corrected chi connectivity index (χ3v) is 5.26. The maximum atomic E-state index is 12.5. The van der Waals surface area contributed by atoms with Crippen LogP contribution in [0.1, 0.15) is 37.8 Å². The van der Waals surface area contributed by atoms with Gasteiger partial charge in [0.15, 0.2) is 6.61 Å². The lowest BCUT2D eigenvalue weighted by Crippen LogP contribution is -2.49. The topological polar surface area (TPSA) is 76.7 Å². The molecule has 6 nitrogen and oxygen atoms in total. The number of hydrazine groups is 1. The molecule has 0 aliphatic rings. The van der Waals surface area contributed by atoms with Crippen LogP contribution in [0.25, 0.3) is 0 Å². The quantitative estimate of drug-likeness (QED) is 0.401. The minimum atomic E-state index is -0.682. The second-order valence-electron chi connectivity index (χ2n) is 7.97. The molecule has 168 valence electrons. The van der Waals surface area contributed by atoms with Gasteiger partial charge in [0.25, 0.3) is 5.91 Å². The number of hydrogen-bond donors (Lipinski definition) is 2. The number of carbonyl (C=O) groups is 2. The molecule has 0 aliphatic carbocycles. The Labute approximate surface area is 193 Å². The zero-order chi connectivity index (χ0) is 23.0. The summed E-state index contributed by atoms with van der Waals surface area (Å²) in [5, 5.41) is 0.768. The molecule has 0 saturated heterocycles. The molecular formula is C23H28Cl2N2O4. The van der Waals surface area contributed by atoms with E-state index in [4.69, 9.17) is 32.7 Å². The summed E-state index contributed by atoms with van der Waals surface area (Å²) in [5.41, 5.74) is 6.33. The summed E-state index contributed by atoms with van der Waals surface area (Å²) in [6.07, 6.45) is 1.29. The van der Waals surface area contributed by atoms with Crippen molar-refractivity contribution >= 4 is 35.0 Å². The molecule has 0 atom stereocenters.